The summed E-state index contributed by atoms with van der Waals surface area (Å²) in [5, 5.41) is 2.51. The topological polar surface area (TPSA) is 51.2 Å². The highest BCUT2D eigenvalue weighted by atomic mass is 32.2. The van der Waals surface area contributed by atoms with Gasteiger partial charge in [-0.15, -0.1) is 11.8 Å². The molecule has 0 saturated carbocycles. The zero-order chi connectivity index (χ0) is 10.4. The van der Waals surface area contributed by atoms with E-state index in [1.807, 2.05) is 12.3 Å². The van der Waals surface area contributed by atoms with Crippen LogP contribution in [0.5, 0.6) is 0 Å². The maximum atomic E-state index is 11.0. The number of anilines is 1. The molecule has 1 N–H and O–H groups in total. The Morgan fingerprint density at radius 2 is 2.43 bits per heavy atom. The average molecular weight is 212 g/mol. The van der Waals surface area contributed by atoms with E-state index in [1.54, 1.807) is 30.9 Å². The second-order valence-electron chi connectivity index (χ2n) is 2.43. The number of hydrogen-bond donors (Lipinski definition) is 1. The summed E-state index contributed by atoms with van der Waals surface area (Å²) in [6, 6.07) is 3.63. The molecule has 1 aromatic rings. The summed E-state index contributed by atoms with van der Waals surface area (Å²) in [5.41, 5.74) is 0. The van der Waals surface area contributed by atoms with Gasteiger partial charge in [-0.3, -0.25) is 5.32 Å². The zero-order valence-electron chi connectivity index (χ0n) is 8.11. The van der Waals surface area contributed by atoms with E-state index in [0.29, 0.717) is 12.4 Å². The van der Waals surface area contributed by atoms with Gasteiger partial charge in [0.15, 0.2) is 0 Å². The predicted octanol–water partition coefficient (Wildman–Crippen LogP) is 2.37. The maximum Gasteiger partial charge on any atom is 0.412 e. The third-order valence-corrected chi connectivity index (χ3v) is 2.19. The Kier molecular flexibility index (Phi) is 4.25. The van der Waals surface area contributed by atoms with Gasteiger partial charge in [0.2, 0.25) is 0 Å². The van der Waals surface area contributed by atoms with Crippen molar-refractivity contribution in [2.24, 2.45) is 0 Å². The molecule has 76 valence electrons. The number of nitrogens with one attached hydrogen (secondary N) is 1. The van der Waals surface area contributed by atoms with Crippen molar-refractivity contribution >= 4 is 23.7 Å². The van der Waals surface area contributed by atoms with Gasteiger partial charge in [0, 0.05) is 11.1 Å². The van der Waals surface area contributed by atoms with E-state index >= 15 is 0 Å². The predicted molar refractivity (Wildman–Crippen MR) is 56.7 cm³/mol. The van der Waals surface area contributed by atoms with Crippen LogP contribution >= 0.6 is 11.8 Å². The van der Waals surface area contributed by atoms with Gasteiger partial charge in [0.25, 0.3) is 0 Å². The van der Waals surface area contributed by atoms with Crippen LogP contribution in [0.15, 0.2) is 23.2 Å². The highest BCUT2D eigenvalue weighted by molar-refractivity contribution is 7.98. The minimum absolute atomic E-state index is 0.356. The molecule has 1 aromatic heterocycles. The van der Waals surface area contributed by atoms with Crippen LogP contribution in [-0.2, 0) is 4.74 Å². The fourth-order valence-electron chi connectivity index (χ4n) is 0.847. The fraction of sp³-hybridized carbons (Fsp3) is 0.333. The molecule has 0 atom stereocenters. The molecule has 1 rings (SSSR count). The zero-order valence-corrected chi connectivity index (χ0v) is 8.93. The number of aromatic nitrogens is 1. The lowest BCUT2D eigenvalue weighted by atomic mass is 10.5. The lowest BCUT2D eigenvalue weighted by molar-refractivity contribution is 0.168. The smallest absolute Gasteiger partial charge is 0.412 e. The summed E-state index contributed by atoms with van der Waals surface area (Å²) in [6.45, 7) is 2.11. The standard InChI is InChI=1S/C9H12N2O2S/c1-3-13-9(12)11-8-5-4-7(14-2)6-10-8/h4-6H,3H2,1-2H3,(H,10,11,12). The van der Waals surface area contributed by atoms with Crippen molar-refractivity contribution < 1.29 is 9.53 Å². The SMILES string of the molecule is CCOC(=O)Nc1ccc(SC)cn1. The minimum Gasteiger partial charge on any atom is -0.450 e. The van der Waals surface area contributed by atoms with Gasteiger partial charge in [-0.1, -0.05) is 0 Å². The Balaban J connectivity index is 2.55. The van der Waals surface area contributed by atoms with Gasteiger partial charge in [0.05, 0.1) is 6.61 Å². The number of amides is 1. The maximum absolute atomic E-state index is 11.0. The number of ether oxygens (including phenoxy) is 1. The third kappa shape index (κ3) is 3.26. The summed E-state index contributed by atoms with van der Waals surface area (Å²) in [4.78, 5) is 16.1. The number of pyridine rings is 1. The highest BCUT2D eigenvalue weighted by Gasteiger charge is 2.01. The second kappa shape index (κ2) is 5.49. The van der Waals surface area contributed by atoms with Gasteiger partial charge in [-0.2, -0.15) is 0 Å². The first-order chi connectivity index (χ1) is 6.76. The molecule has 0 saturated heterocycles. The Morgan fingerprint density at radius 1 is 1.64 bits per heavy atom. The van der Waals surface area contributed by atoms with E-state index in [9.17, 15) is 4.79 Å². The van der Waals surface area contributed by atoms with Crippen molar-refractivity contribution in [3.05, 3.63) is 18.3 Å². The molecule has 4 nitrogen and oxygen atoms in total. The Labute approximate surface area is 87.1 Å². The molecule has 0 fully saturated rings. The molecule has 0 bridgehead atoms. The van der Waals surface area contributed by atoms with E-state index < -0.39 is 6.09 Å². The first-order valence-corrected chi connectivity index (χ1v) is 5.42. The number of thioether (sulfide) groups is 1. The summed E-state index contributed by atoms with van der Waals surface area (Å²) < 4.78 is 4.71. The number of hydrogen-bond acceptors (Lipinski definition) is 4. The molecule has 0 unspecified atom stereocenters. The number of nitrogens with zero attached hydrogens (tertiary/aromatic N) is 1. The lowest BCUT2D eigenvalue weighted by Gasteiger charge is -2.04. The third-order valence-electron chi connectivity index (χ3n) is 1.48. The van der Waals surface area contributed by atoms with Crippen molar-refractivity contribution in [1.29, 1.82) is 0 Å². The summed E-state index contributed by atoms with van der Waals surface area (Å²) in [5.74, 6) is 0.501. The monoisotopic (exact) mass is 212 g/mol. The molecule has 0 aromatic carbocycles. The molecular weight excluding hydrogens is 200 g/mol. The average Bonchev–Trinajstić information content (AvgIpc) is 2.19. The molecule has 14 heavy (non-hydrogen) atoms. The highest BCUT2D eigenvalue weighted by Crippen LogP contribution is 2.14. The molecule has 1 amide bonds. The van der Waals surface area contributed by atoms with Gasteiger partial charge >= 0.3 is 6.09 Å². The van der Waals surface area contributed by atoms with Gasteiger partial charge in [-0.25, -0.2) is 9.78 Å². The van der Waals surface area contributed by atoms with E-state index in [2.05, 4.69) is 10.3 Å². The van der Waals surface area contributed by atoms with Crippen molar-refractivity contribution in [2.45, 2.75) is 11.8 Å². The van der Waals surface area contributed by atoms with Gasteiger partial charge < -0.3 is 4.74 Å². The number of carbonyl (C=O) groups excluding carboxylic acids is 1. The van der Waals surface area contributed by atoms with Crippen LogP contribution in [0.4, 0.5) is 10.6 Å². The summed E-state index contributed by atoms with van der Waals surface area (Å²) in [6.07, 6.45) is 3.19. The second-order valence-corrected chi connectivity index (χ2v) is 3.31. The first kappa shape index (κ1) is 10.8. The summed E-state index contributed by atoms with van der Waals surface area (Å²) >= 11 is 1.60. The van der Waals surface area contributed by atoms with Crippen molar-refractivity contribution in [3.8, 4) is 0 Å². The molecule has 5 heteroatoms. The molecule has 0 aliphatic carbocycles. The number of rotatable bonds is 3. The van der Waals surface area contributed by atoms with E-state index in [4.69, 9.17) is 4.74 Å². The summed E-state index contributed by atoms with van der Waals surface area (Å²) in [7, 11) is 0. The number of carbonyl (C=O) groups is 1. The lowest BCUT2D eigenvalue weighted by Crippen LogP contribution is -2.14. The van der Waals surface area contributed by atoms with E-state index in [-0.39, 0.29) is 0 Å². The van der Waals surface area contributed by atoms with Crippen molar-refractivity contribution in [2.75, 3.05) is 18.2 Å². The van der Waals surface area contributed by atoms with Crippen LogP contribution < -0.4 is 5.32 Å². The molecular formula is C9H12N2O2S. The Morgan fingerprint density at radius 3 is 2.93 bits per heavy atom. The van der Waals surface area contributed by atoms with Crippen LogP contribution in [-0.4, -0.2) is 23.9 Å². The molecule has 0 spiro atoms. The van der Waals surface area contributed by atoms with Crippen LogP contribution in [0.3, 0.4) is 0 Å². The van der Waals surface area contributed by atoms with Crippen molar-refractivity contribution in [3.63, 3.8) is 0 Å². The van der Waals surface area contributed by atoms with Gasteiger partial charge in [-0.05, 0) is 25.3 Å². The molecule has 0 aliphatic heterocycles. The Bertz CT molecular complexity index is 300. The van der Waals surface area contributed by atoms with Crippen LogP contribution in [0.2, 0.25) is 0 Å². The first-order valence-electron chi connectivity index (χ1n) is 4.20. The van der Waals surface area contributed by atoms with E-state index in [0.717, 1.165) is 4.90 Å². The molecule has 0 radical (unpaired) electrons. The van der Waals surface area contributed by atoms with Crippen molar-refractivity contribution in [1.82, 2.24) is 4.98 Å². The minimum atomic E-state index is -0.475. The van der Waals surface area contributed by atoms with E-state index in [1.165, 1.54) is 0 Å². The van der Waals surface area contributed by atoms with Crippen LogP contribution in [0.25, 0.3) is 0 Å². The fourth-order valence-corrected chi connectivity index (χ4v) is 1.21. The normalized spacial score (nSPS) is 9.57. The Hall–Kier alpha value is -1.23. The van der Waals surface area contributed by atoms with Crippen LogP contribution in [0, 0.1) is 0 Å². The van der Waals surface area contributed by atoms with Gasteiger partial charge in [0.1, 0.15) is 5.82 Å². The largest absolute Gasteiger partial charge is 0.450 e. The molecule has 0 aliphatic rings. The molecule has 1 heterocycles. The van der Waals surface area contributed by atoms with Crippen LogP contribution in [0.1, 0.15) is 6.92 Å². The quantitative estimate of drug-likeness (QED) is 0.781.